The van der Waals surface area contributed by atoms with Crippen LogP contribution in [-0.2, 0) is 5.41 Å². The fourth-order valence-electron chi connectivity index (χ4n) is 12.5. The number of para-hydroxylation sites is 4. The first-order valence-corrected chi connectivity index (χ1v) is 25.8. The molecule has 13 aromatic carbocycles. The number of benzene rings is 13. The number of fused-ring (bicyclic) bond motifs is 2. The highest BCUT2D eigenvalue weighted by atomic mass is 15.2. The number of nitrogens with zero attached hydrogens (tertiary/aromatic N) is 4. The van der Waals surface area contributed by atoms with E-state index in [9.17, 15) is 0 Å². The van der Waals surface area contributed by atoms with Crippen molar-refractivity contribution in [2.24, 2.45) is 0 Å². The van der Waals surface area contributed by atoms with Crippen molar-refractivity contribution in [3.63, 3.8) is 0 Å². The summed E-state index contributed by atoms with van der Waals surface area (Å²) < 4.78 is 4.88. The van der Waals surface area contributed by atoms with Crippen molar-refractivity contribution in [3.05, 3.63) is 254 Å². The van der Waals surface area contributed by atoms with Crippen LogP contribution >= 0.6 is 0 Å². The molecule has 0 spiro atoms. The molecule has 15 aromatic rings. The van der Waals surface area contributed by atoms with Crippen molar-refractivity contribution >= 4 is 121 Å². The molecule has 0 aliphatic carbocycles. The van der Waals surface area contributed by atoms with Gasteiger partial charge in [-0.2, -0.15) is 0 Å². The Bertz CT molecular complexity index is 4620. The Morgan fingerprint density at radius 3 is 1.15 bits per heavy atom. The zero-order chi connectivity index (χ0) is 49.2. The third-order valence-corrected chi connectivity index (χ3v) is 15.7. The number of hydrogen-bond donors (Lipinski definition) is 0. The van der Waals surface area contributed by atoms with E-state index < -0.39 is 0 Å². The Hall–Kier alpha value is -9.38. The van der Waals surface area contributed by atoms with Crippen LogP contribution in [0.15, 0.2) is 249 Å². The summed E-state index contributed by atoms with van der Waals surface area (Å²) in [6, 6.07) is 92.2. The molecule has 2 aromatic heterocycles. The van der Waals surface area contributed by atoms with E-state index in [4.69, 9.17) is 0 Å². The van der Waals surface area contributed by atoms with Crippen molar-refractivity contribution in [2.45, 2.75) is 26.2 Å². The Labute approximate surface area is 429 Å². The molecule has 0 radical (unpaired) electrons. The largest absolute Gasteiger partial charge is 0.309 e. The average Bonchev–Trinajstić information content (AvgIpc) is 4.01. The summed E-state index contributed by atoms with van der Waals surface area (Å²) in [7, 11) is 0. The summed E-state index contributed by atoms with van der Waals surface area (Å²) in [6.45, 7) is 6.99. The van der Waals surface area contributed by atoms with Crippen LogP contribution in [0.1, 0.15) is 26.3 Å². The molecule has 0 N–H and O–H groups in total. The molecule has 4 nitrogen and oxygen atoms in total. The third kappa shape index (κ3) is 6.15. The summed E-state index contributed by atoms with van der Waals surface area (Å²) in [6.07, 6.45) is 0. The van der Waals surface area contributed by atoms with E-state index in [2.05, 4.69) is 288 Å². The van der Waals surface area contributed by atoms with E-state index in [0.717, 1.165) is 50.9 Å². The minimum absolute atomic E-state index is 0.123. The predicted molar refractivity (Wildman–Crippen MR) is 316 cm³/mol. The van der Waals surface area contributed by atoms with E-state index in [0.29, 0.717) is 0 Å². The molecule has 0 aliphatic heterocycles. The molecular formula is C70H50N4. The molecule has 0 saturated carbocycles. The summed E-state index contributed by atoms with van der Waals surface area (Å²) in [4.78, 5) is 5.11. The molecule has 2 heterocycles. The third-order valence-electron chi connectivity index (χ3n) is 15.7. The van der Waals surface area contributed by atoms with E-state index in [1.54, 1.807) is 0 Å². The second-order valence-electron chi connectivity index (χ2n) is 20.9. The first kappa shape index (κ1) is 42.3. The van der Waals surface area contributed by atoms with Crippen LogP contribution in [0.2, 0.25) is 0 Å². The molecule has 350 valence electrons. The Morgan fingerprint density at radius 2 is 0.689 bits per heavy atom. The lowest BCUT2D eigenvalue weighted by molar-refractivity contribution is 0.591. The van der Waals surface area contributed by atoms with Gasteiger partial charge in [-0.15, -0.1) is 0 Å². The Kier molecular flexibility index (Phi) is 9.19. The van der Waals surface area contributed by atoms with Gasteiger partial charge >= 0.3 is 0 Å². The summed E-state index contributed by atoms with van der Waals surface area (Å²) in [5, 5.41) is 14.7. The molecule has 4 heteroatoms. The van der Waals surface area contributed by atoms with E-state index >= 15 is 0 Å². The lowest BCUT2D eigenvalue weighted by Crippen LogP contribution is -2.16. The van der Waals surface area contributed by atoms with Gasteiger partial charge in [0.05, 0.1) is 44.8 Å². The lowest BCUT2D eigenvalue weighted by atomic mass is 9.84. The van der Waals surface area contributed by atoms with Gasteiger partial charge < -0.3 is 18.9 Å². The smallest absolute Gasteiger partial charge is 0.0620 e. The first-order valence-electron chi connectivity index (χ1n) is 25.8. The molecule has 15 rings (SSSR count). The van der Waals surface area contributed by atoms with Crippen LogP contribution < -0.4 is 9.80 Å². The summed E-state index contributed by atoms with van der Waals surface area (Å²) >= 11 is 0. The number of aromatic nitrogens is 2. The highest BCUT2D eigenvalue weighted by Gasteiger charge is 2.30. The van der Waals surface area contributed by atoms with Gasteiger partial charge in [0.15, 0.2) is 0 Å². The zero-order valence-electron chi connectivity index (χ0n) is 41.5. The van der Waals surface area contributed by atoms with Crippen LogP contribution in [0, 0.1) is 0 Å². The number of hydrogen-bond acceptors (Lipinski definition) is 2. The fourth-order valence-corrected chi connectivity index (χ4v) is 12.5. The lowest BCUT2D eigenvalue weighted by Gasteiger charge is -2.34. The van der Waals surface area contributed by atoms with E-state index in [1.165, 1.54) is 86.9 Å². The van der Waals surface area contributed by atoms with E-state index in [-0.39, 0.29) is 5.41 Å². The van der Waals surface area contributed by atoms with Gasteiger partial charge in [0.2, 0.25) is 0 Å². The van der Waals surface area contributed by atoms with Crippen LogP contribution in [0.25, 0.3) is 98.1 Å². The predicted octanol–water partition coefficient (Wildman–Crippen LogP) is 19.6. The molecule has 0 unspecified atom stereocenters. The SMILES string of the molecule is CC(C)(C)c1ccc2c(N(c3ccccc3)c3ccc4c5c3ccc3cccc(c35)n4-c3ccccc3)c3ccccc3c(N(c3ccccc3)c3ccc4c5c3ccc3cccc(c35)n4-c3ccccc3)c2c1. The van der Waals surface area contributed by atoms with Crippen LogP contribution in [0.4, 0.5) is 34.1 Å². The van der Waals surface area contributed by atoms with Gasteiger partial charge in [0.25, 0.3) is 0 Å². The fraction of sp³-hybridized carbons (Fsp3) is 0.0571. The maximum Gasteiger partial charge on any atom is 0.0620 e. The number of anilines is 6. The maximum atomic E-state index is 2.56. The topological polar surface area (TPSA) is 16.3 Å². The molecule has 0 amide bonds. The highest BCUT2D eigenvalue weighted by Crippen LogP contribution is 2.55. The molecule has 0 bridgehead atoms. The minimum atomic E-state index is -0.123. The second-order valence-corrected chi connectivity index (χ2v) is 20.9. The first-order chi connectivity index (χ1) is 36.4. The normalized spacial score (nSPS) is 12.3. The van der Waals surface area contributed by atoms with Crippen LogP contribution in [0.5, 0.6) is 0 Å². The molecule has 0 aliphatic rings. The highest BCUT2D eigenvalue weighted by molar-refractivity contribution is 6.31. The van der Waals surface area contributed by atoms with Crippen molar-refractivity contribution in [2.75, 3.05) is 9.80 Å². The summed E-state index contributed by atoms with van der Waals surface area (Å²) in [5.41, 5.74) is 15.0. The van der Waals surface area contributed by atoms with Crippen LogP contribution in [-0.4, -0.2) is 9.13 Å². The molecule has 0 atom stereocenters. The summed E-state index contributed by atoms with van der Waals surface area (Å²) in [5.74, 6) is 0. The standard InChI is InChI=1S/C70H50N4/c1-70(2,3)47-36-39-54-57(44-47)69(74(51-28-14-7-15-29-51)59-41-43-63-67-56(59)38-35-46-21-19-33-61(65(46)67)72(63)49-24-10-5-11-25-49)53-31-17-16-30-52(53)68(54)73(50-26-12-6-13-27-50)58-40-42-62-66-55(58)37-34-45-20-18-32-60(64(45)66)71(62)48-22-8-4-9-23-48/h4-44H,1-3H3. The van der Waals surface area contributed by atoms with Gasteiger partial charge in [0.1, 0.15) is 0 Å². The Balaban J connectivity index is 1.06. The maximum absolute atomic E-state index is 2.56. The van der Waals surface area contributed by atoms with Gasteiger partial charge in [-0.3, -0.25) is 0 Å². The average molecular weight is 947 g/mol. The van der Waals surface area contributed by atoms with Crippen molar-refractivity contribution < 1.29 is 0 Å². The Morgan fingerprint density at radius 1 is 0.297 bits per heavy atom. The second kappa shape index (κ2) is 16.1. The molecule has 74 heavy (non-hydrogen) atoms. The van der Waals surface area contributed by atoms with Crippen LogP contribution in [0.3, 0.4) is 0 Å². The molecular weight excluding hydrogens is 897 g/mol. The van der Waals surface area contributed by atoms with E-state index in [1.807, 2.05) is 0 Å². The van der Waals surface area contributed by atoms with Gasteiger partial charge in [-0.1, -0.05) is 178 Å². The van der Waals surface area contributed by atoms with Crippen molar-refractivity contribution in [3.8, 4) is 11.4 Å². The monoisotopic (exact) mass is 946 g/mol. The van der Waals surface area contributed by atoms with Crippen molar-refractivity contribution in [1.82, 2.24) is 9.13 Å². The molecule has 0 saturated heterocycles. The minimum Gasteiger partial charge on any atom is -0.309 e. The van der Waals surface area contributed by atoms with Crippen molar-refractivity contribution in [1.29, 1.82) is 0 Å². The zero-order valence-corrected chi connectivity index (χ0v) is 41.5. The number of rotatable bonds is 8. The molecule has 0 fully saturated rings. The van der Waals surface area contributed by atoms with Gasteiger partial charge in [0, 0.05) is 76.6 Å². The van der Waals surface area contributed by atoms with Gasteiger partial charge in [-0.05, 0) is 113 Å². The van der Waals surface area contributed by atoms with Gasteiger partial charge in [-0.25, -0.2) is 0 Å². The quantitative estimate of drug-likeness (QED) is 0.0857.